The molecule has 0 aliphatic rings. The predicted octanol–water partition coefficient (Wildman–Crippen LogP) is 3.46. The summed E-state index contributed by atoms with van der Waals surface area (Å²) >= 11 is 0. The fourth-order valence-corrected chi connectivity index (χ4v) is 3.12. The maximum absolute atomic E-state index is 12.2. The Kier molecular flexibility index (Phi) is 3.57. The summed E-state index contributed by atoms with van der Waals surface area (Å²) < 4.78 is 3.70. The van der Waals surface area contributed by atoms with E-state index in [0.717, 1.165) is 33.9 Å². The number of hydrogen-bond donors (Lipinski definition) is 1. The fraction of sp³-hybridized carbons (Fsp3) is 0.200. The molecule has 0 bridgehead atoms. The predicted molar refractivity (Wildman–Crippen MR) is 99.0 cm³/mol. The SMILES string of the molecule is Cc1ccc(-c2nc3ccc(C)cn3c2Cn2[nH]c(C)cc2=O)cc1. The molecule has 0 saturated carbocycles. The number of aromatic amines is 1. The Hall–Kier alpha value is -3.08. The highest BCUT2D eigenvalue weighted by atomic mass is 16.1. The van der Waals surface area contributed by atoms with Gasteiger partial charge in [0.25, 0.3) is 5.56 Å². The van der Waals surface area contributed by atoms with Crippen LogP contribution in [0.4, 0.5) is 0 Å². The maximum Gasteiger partial charge on any atom is 0.267 e. The average Bonchev–Trinajstić information content (AvgIpc) is 3.08. The molecule has 0 atom stereocenters. The van der Waals surface area contributed by atoms with Crippen molar-refractivity contribution in [2.45, 2.75) is 27.3 Å². The molecule has 5 heteroatoms. The van der Waals surface area contributed by atoms with Gasteiger partial charge in [-0.3, -0.25) is 9.89 Å². The number of hydrogen-bond acceptors (Lipinski definition) is 2. The van der Waals surface area contributed by atoms with Crippen molar-refractivity contribution in [1.29, 1.82) is 0 Å². The molecular weight excluding hydrogens is 312 g/mol. The van der Waals surface area contributed by atoms with Crippen LogP contribution in [0.5, 0.6) is 0 Å². The van der Waals surface area contributed by atoms with Crippen molar-refractivity contribution in [3.05, 3.63) is 81.5 Å². The van der Waals surface area contributed by atoms with E-state index in [9.17, 15) is 4.79 Å². The molecule has 0 radical (unpaired) electrons. The van der Waals surface area contributed by atoms with Gasteiger partial charge in [-0.1, -0.05) is 35.9 Å². The minimum Gasteiger partial charge on any atom is -0.301 e. The first-order valence-electron chi connectivity index (χ1n) is 8.32. The first kappa shape index (κ1) is 15.4. The average molecular weight is 332 g/mol. The van der Waals surface area contributed by atoms with Crippen LogP contribution in [0.3, 0.4) is 0 Å². The van der Waals surface area contributed by atoms with Gasteiger partial charge in [-0.2, -0.15) is 0 Å². The minimum atomic E-state index is -0.0324. The summed E-state index contributed by atoms with van der Waals surface area (Å²) in [5, 5.41) is 3.11. The molecule has 0 aliphatic heterocycles. The molecule has 0 saturated heterocycles. The van der Waals surface area contributed by atoms with Crippen LogP contribution in [0.25, 0.3) is 16.9 Å². The van der Waals surface area contributed by atoms with Crippen molar-refractivity contribution in [1.82, 2.24) is 19.2 Å². The number of pyridine rings is 1. The topological polar surface area (TPSA) is 55.1 Å². The zero-order chi connectivity index (χ0) is 17.6. The Balaban J connectivity index is 1.94. The number of H-pyrrole nitrogens is 1. The van der Waals surface area contributed by atoms with Crippen LogP contribution in [0.15, 0.2) is 53.5 Å². The number of rotatable bonds is 3. The van der Waals surface area contributed by atoms with E-state index < -0.39 is 0 Å². The molecule has 1 aromatic carbocycles. The van der Waals surface area contributed by atoms with Crippen molar-refractivity contribution >= 4 is 5.65 Å². The number of aryl methyl sites for hydroxylation is 3. The molecule has 0 amide bonds. The number of fused-ring (bicyclic) bond motifs is 1. The van der Waals surface area contributed by atoms with Gasteiger partial charge in [0.2, 0.25) is 0 Å². The van der Waals surface area contributed by atoms with E-state index in [-0.39, 0.29) is 5.56 Å². The van der Waals surface area contributed by atoms with E-state index in [1.165, 1.54) is 5.56 Å². The first-order chi connectivity index (χ1) is 12.0. The van der Waals surface area contributed by atoms with Gasteiger partial charge in [0.15, 0.2) is 0 Å². The Bertz CT molecular complexity index is 1110. The summed E-state index contributed by atoms with van der Waals surface area (Å²) in [5.74, 6) is 0. The maximum atomic E-state index is 12.2. The highest BCUT2D eigenvalue weighted by Crippen LogP contribution is 2.25. The van der Waals surface area contributed by atoms with Crippen LogP contribution in [-0.4, -0.2) is 19.2 Å². The van der Waals surface area contributed by atoms with Gasteiger partial charge < -0.3 is 4.40 Å². The van der Waals surface area contributed by atoms with Crippen molar-refractivity contribution in [2.24, 2.45) is 0 Å². The highest BCUT2D eigenvalue weighted by Gasteiger charge is 2.16. The zero-order valence-electron chi connectivity index (χ0n) is 14.6. The van der Waals surface area contributed by atoms with Crippen LogP contribution < -0.4 is 5.56 Å². The summed E-state index contributed by atoms with van der Waals surface area (Å²) in [4.78, 5) is 17.0. The van der Waals surface area contributed by atoms with Gasteiger partial charge in [0.1, 0.15) is 5.65 Å². The molecule has 0 fully saturated rings. The van der Waals surface area contributed by atoms with Crippen LogP contribution in [0, 0.1) is 20.8 Å². The molecule has 0 unspecified atom stereocenters. The standard InChI is InChI=1S/C20H20N4O/c1-13-4-7-16(8-5-13)20-17(12-24-19(25)10-15(3)22-24)23-11-14(2)6-9-18(23)21-20/h4-11,22H,12H2,1-3H3. The molecule has 4 aromatic rings. The molecular formula is C20H20N4O. The van der Waals surface area contributed by atoms with E-state index in [4.69, 9.17) is 4.98 Å². The number of benzene rings is 1. The third-order valence-corrected chi connectivity index (χ3v) is 4.42. The Morgan fingerprint density at radius 2 is 1.72 bits per heavy atom. The van der Waals surface area contributed by atoms with Crippen LogP contribution in [0.1, 0.15) is 22.5 Å². The molecule has 3 heterocycles. The molecule has 4 rings (SSSR count). The van der Waals surface area contributed by atoms with Crippen molar-refractivity contribution < 1.29 is 0 Å². The Morgan fingerprint density at radius 3 is 2.40 bits per heavy atom. The zero-order valence-corrected chi connectivity index (χ0v) is 14.6. The fourth-order valence-electron chi connectivity index (χ4n) is 3.12. The molecule has 126 valence electrons. The normalized spacial score (nSPS) is 11.3. The van der Waals surface area contributed by atoms with E-state index in [0.29, 0.717) is 6.54 Å². The van der Waals surface area contributed by atoms with Gasteiger partial charge in [-0.25, -0.2) is 9.67 Å². The van der Waals surface area contributed by atoms with E-state index in [1.807, 2.05) is 13.0 Å². The highest BCUT2D eigenvalue weighted by molar-refractivity contribution is 5.67. The third kappa shape index (κ3) is 2.78. The summed E-state index contributed by atoms with van der Waals surface area (Å²) in [5.41, 5.74) is 7.02. The van der Waals surface area contributed by atoms with Crippen LogP contribution >= 0.6 is 0 Å². The van der Waals surface area contributed by atoms with E-state index in [2.05, 4.69) is 59.9 Å². The summed E-state index contributed by atoms with van der Waals surface area (Å²) in [6, 6.07) is 14.0. The van der Waals surface area contributed by atoms with Crippen LogP contribution in [0.2, 0.25) is 0 Å². The molecule has 0 spiro atoms. The van der Waals surface area contributed by atoms with Gasteiger partial charge in [-0.15, -0.1) is 0 Å². The summed E-state index contributed by atoms with van der Waals surface area (Å²) in [6.45, 7) is 6.46. The van der Waals surface area contributed by atoms with E-state index in [1.54, 1.807) is 10.7 Å². The summed E-state index contributed by atoms with van der Waals surface area (Å²) in [6.07, 6.45) is 2.07. The number of imidazole rings is 1. The molecule has 25 heavy (non-hydrogen) atoms. The largest absolute Gasteiger partial charge is 0.301 e. The third-order valence-electron chi connectivity index (χ3n) is 4.42. The van der Waals surface area contributed by atoms with Crippen molar-refractivity contribution in [3.63, 3.8) is 0 Å². The lowest BCUT2D eigenvalue weighted by molar-refractivity contribution is 0.643. The van der Waals surface area contributed by atoms with Crippen molar-refractivity contribution in [3.8, 4) is 11.3 Å². The lowest BCUT2D eigenvalue weighted by Gasteiger charge is -2.07. The second-order valence-electron chi connectivity index (χ2n) is 6.57. The number of nitrogens with zero attached hydrogens (tertiary/aromatic N) is 3. The molecule has 5 nitrogen and oxygen atoms in total. The first-order valence-corrected chi connectivity index (χ1v) is 8.32. The molecule has 1 N–H and O–H groups in total. The van der Waals surface area contributed by atoms with Gasteiger partial charge in [0.05, 0.1) is 17.9 Å². The quantitative estimate of drug-likeness (QED) is 0.624. The van der Waals surface area contributed by atoms with Crippen molar-refractivity contribution in [2.75, 3.05) is 0 Å². The lowest BCUT2D eigenvalue weighted by atomic mass is 10.1. The summed E-state index contributed by atoms with van der Waals surface area (Å²) in [7, 11) is 0. The molecule has 0 aliphatic carbocycles. The van der Waals surface area contributed by atoms with E-state index >= 15 is 0 Å². The van der Waals surface area contributed by atoms with Gasteiger partial charge >= 0.3 is 0 Å². The Labute approximate surface area is 145 Å². The molecule has 3 aromatic heterocycles. The van der Waals surface area contributed by atoms with Crippen LogP contribution in [-0.2, 0) is 6.54 Å². The smallest absolute Gasteiger partial charge is 0.267 e. The Morgan fingerprint density at radius 1 is 1.00 bits per heavy atom. The number of nitrogens with one attached hydrogen (secondary N) is 1. The van der Waals surface area contributed by atoms with Gasteiger partial charge in [-0.05, 0) is 32.4 Å². The second-order valence-corrected chi connectivity index (χ2v) is 6.57. The van der Waals surface area contributed by atoms with Gasteiger partial charge in [0, 0.05) is 23.5 Å². The minimum absolute atomic E-state index is 0.0324. The number of aromatic nitrogens is 4. The monoisotopic (exact) mass is 332 g/mol. The lowest BCUT2D eigenvalue weighted by Crippen LogP contribution is -2.18. The second kappa shape index (κ2) is 5.77.